The summed E-state index contributed by atoms with van der Waals surface area (Å²) in [5.74, 6) is 0.461. The molecule has 1 unspecified atom stereocenters. The van der Waals surface area contributed by atoms with Crippen molar-refractivity contribution in [2.45, 2.75) is 6.23 Å². The molecule has 1 aromatic rings. The van der Waals surface area contributed by atoms with E-state index in [9.17, 15) is 5.11 Å². The normalized spacial score (nSPS) is 12.5. The standard InChI is InChI=1S/C8H12N2O3/c1-13-7-3-2-5(9)4-6(7)8(11)10-12/h2-4,8,10-12H,9H2,1H3. The second kappa shape index (κ2) is 4.08. The summed E-state index contributed by atoms with van der Waals surface area (Å²) in [5, 5.41) is 17.8. The molecule has 0 bridgehead atoms. The first-order chi connectivity index (χ1) is 6.19. The van der Waals surface area contributed by atoms with E-state index in [2.05, 4.69) is 0 Å². The van der Waals surface area contributed by atoms with E-state index in [1.54, 1.807) is 17.6 Å². The SMILES string of the molecule is COc1ccc(N)cc1C(O)NO. The van der Waals surface area contributed by atoms with Crippen LogP contribution in [0, 0.1) is 0 Å². The van der Waals surface area contributed by atoms with Gasteiger partial charge in [0.1, 0.15) is 5.75 Å². The Hall–Kier alpha value is -1.30. The van der Waals surface area contributed by atoms with Crippen LogP contribution in [0.2, 0.25) is 0 Å². The smallest absolute Gasteiger partial charge is 0.156 e. The molecule has 0 aliphatic heterocycles. The van der Waals surface area contributed by atoms with Crippen LogP contribution in [0.15, 0.2) is 18.2 Å². The van der Waals surface area contributed by atoms with Crippen LogP contribution in [0.25, 0.3) is 0 Å². The van der Waals surface area contributed by atoms with Crippen LogP contribution in [-0.4, -0.2) is 17.4 Å². The van der Waals surface area contributed by atoms with Gasteiger partial charge in [0, 0.05) is 11.3 Å². The fourth-order valence-electron chi connectivity index (χ4n) is 1.04. The van der Waals surface area contributed by atoms with Crippen LogP contribution >= 0.6 is 0 Å². The highest BCUT2D eigenvalue weighted by Gasteiger charge is 2.11. The third kappa shape index (κ3) is 2.09. The topological polar surface area (TPSA) is 87.7 Å². The van der Waals surface area contributed by atoms with Crippen molar-refractivity contribution in [3.63, 3.8) is 0 Å². The molecular weight excluding hydrogens is 172 g/mol. The molecule has 1 rings (SSSR count). The first kappa shape index (κ1) is 9.79. The van der Waals surface area contributed by atoms with Gasteiger partial charge in [-0.05, 0) is 18.2 Å². The Labute approximate surface area is 75.7 Å². The van der Waals surface area contributed by atoms with E-state index in [1.807, 2.05) is 0 Å². The number of hydroxylamine groups is 1. The summed E-state index contributed by atoms with van der Waals surface area (Å²) < 4.78 is 4.96. The van der Waals surface area contributed by atoms with E-state index in [0.717, 1.165) is 0 Å². The lowest BCUT2D eigenvalue weighted by Gasteiger charge is -2.13. The fourth-order valence-corrected chi connectivity index (χ4v) is 1.04. The average Bonchev–Trinajstić information content (AvgIpc) is 2.16. The van der Waals surface area contributed by atoms with E-state index in [1.165, 1.54) is 13.2 Å². The molecule has 0 aliphatic carbocycles. The van der Waals surface area contributed by atoms with Crippen LogP contribution in [0.3, 0.4) is 0 Å². The number of anilines is 1. The Kier molecular flexibility index (Phi) is 3.07. The largest absolute Gasteiger partial charge is 0.496 e. The minimum atomic E-state index is -1.20. The Balaban J connectivity index is 3.07. The predicted octanol–water partition coefficient (Wildman–Crippen LogP) is 0.247. The van der Waals surface area contributed by atoms with Gasteiger partial charge in [0.15, 0.2) is 6.23 Å². The molecule has 0 saturated carbocycles. The third-order valence-corrected chi connectivity index (χ3v) is 1.67. The van der Waals surface area contributed by atoms with Gasteiger partial charge in [-0.25, -0.2) is 0 Å². The van der Waals surface area contributed by atoms with Crippen molar-refractivity contribution in [2.75, 3.05) is 12.8 Å². The molecule has 72 valence electrons. The molecule has 0 aliphatic rings. The zero-order chi connectivity index (χ0) is 9.84. The molecule has 0 radical (unpaired) electrons. The van der Waals surface area contributed by atoms with Crippen molar-refractivity contribution in [3.05, 3.63) is 23.8 Å². The van der Waals surface area contributed by atoms with Crippen molar-refractivity contribution in [2.24, 2.45) is 0 Å². The van der Waals surface area contributed by atoms with Gasteiger partial charge in [0.2, 0.25) is 0 Å². The van der Waals surface area contributed by atoms with Crippen LogP contribution < -0.4 is 16.0 Å². The highest BCUT2D eigenvalue weighted by molar-refractivity contribution is 5.48. The van der Waals surface area contributed by atoms with Crippen molar-refractivity contribution in [1.82, 2.24) is 5.48 Å². The number of aliphatic hydroxyl groups excluding tert-OH is 1. The summed E-state index contributed by atoms with van der Waals surface area (Å²) in [4.78, 5) is 0. The third-order valence-electron chi connectivity index (χ3n) is 1.67. The quantitative estimate of drug-likeness (QED) is 0.307. The zero-order valence-electron chi connectivity index (χ0n) is 7.19. The monoisotopic (exact) mass is 184 g/mol. The van der Waals surface area contributed by atoms with Crippen LogP contribution in [0.4, 0.5) is 5.69 Å². The lowest BCUT2D eigenvalue weighted by atomic mass is 10.1. The maximum Gasteiger partial charge on any atom is 0.156 e. The summed E-state index contributed by atoms with van der Waals surface area (Å²) in [7, 11) is 1.47. The molecule has 13 heavy (non-hydrogen) atoms. The van der Waals surface area contributed by atoms with Gasteiger partial charge in [0.25, 0.3) is 0 Å². The summed E-state index contributed by atoms with van der Waals surface area (Å²) in [5.41, 5.74) is 8.09. The Morgan fingerprint density at radius 1 is 1.54 bits per heavy atom. The molecule has 1 atom stereocenters. The zero-order valence-corrected chi connectivity index (χ0v) is 7.19. The summed E-state index contributed by atoms with van der Waals surface area (Å²) >= 11 is 0. The first-order valence-electron chi connectivity index (χ1n) is 3.70. The molecule has 1 aromatic carbocycles. The second-order valence-electron chi connectivity index (χ2n) is 2.53. The maximum absolute atomic E-state index is 9.27. The minimum Gasteiger partial charge on any atom is -0.496 e. The molecule has 0 aromatic heterocycles. The molecule has 5 nitrogen and oxygen atoms in total. The molecule has 0 amide bonds. The summed E-state index contributed by atoms with van der Waals surface area (Å²) in [6, 6.07) is 4.78. The van der Waals surface area contributed by atoms with Gasteiger partial charge in [-0.2, -0.15) is 5.48 Å². The summed E-state index contributed by atoms with van der Waals surface area (Å²) in [6.07, 6.45) is -1.20. The van der Waals surface area contributed by atoms with E-state index in [4.69, 9.17) is 15.7 Å². The number of aliphatic hydroxyl groups is 1. The maximum atomic E-state index is 9.27. The van der Waals surface area contributed by atoms with Gasteiger partial charge in [-0.15, -0.1) is 0 Å². The number of hydrogen-bond donors (Lipinski definition) is 4. The van der Waals surface area contributed by atoms with Gasteiger partial charge in [0.05, 0.1) is 7.11 Å². The van der Waals surface area contributed by atoms with E-state index >= 15 is 0 Å². The van der Waals surface area contributed by atoms with E-state index in [0.29, 0.717) is 17.0 Å². The number of hydrogen-bond acceptors (Lipinski definition) is 5. The highest BCUT2D eigenvalue weighted by atomic mass is 16.5. The van der Waals surface area contributed by atoms with Crippen molar-refractivity contribution in [3.8, 4) is 5.75 Å². The molecule has 5 N–H and O–H groups in total. The lowest BCUT2D eigenvalue weighted by Crippen LogP contribution is -2.17. The average molecular weight is 184 g/mol. The Morgan fingerprint density at radius 2 is 2.23 bits per heavy atom. The molecular formula is C8H12N2O3. The van der Waals surface area contributed by atoms with Gasteiger partial charge in [-0.3, -0.25) is 0 Å². The number of ether oxygens (including phenoxy) is 1. The van der Waals surface area contributed by atoms with Gasteiger partial charge < -0.3 is 20.8 Å². The van der Waals surface area contributed by atoms with Crippen LogP contribution in [-0.2, 0) is 0 Å². The number of benzene rings is 1. The highest BCUT2D eigenvalue weighted by Crippen LogP contribution is 2.25. The van der Waals surface area contributed by atoms with Gasteiger partial charge >= 0.3 is 0 Å². The lowest BCUT2D eigenvalue weighted by molar-refractivity contribution is -0.000539. The van der Waals surface area contributed by atoms with E-state index < -0.39 is 6.23 Å². The second-order valence-corrected chi connectivity index (χ2v) is 2.53. The van der Waals surface area contributed by atoms with Crippen molar-refractivity contribution >= 4 is 5.69 Å². The number of nitrogen functional groups attached to an aromatic ring is 1. The number of rotatable bonds is 3. The van der Waals surface area contributed by atoms with Crippen LogP contribution in [0.5, 0.6) is 5.75 Å². The van der Waals surface area contributed by atoms with E-state index in [-0.39, 0.29) is 0 Å². The number of nitrogens with one attached hydrogen (secondary N) is 1. The molecule has 0 spiro atoms. The molecule has 0 heterocycles. The van der Waals surface area contributed by atoms with Crippen molar-refractivity contribution < 1.29 is 15.1 Å². The molecule has 0 fully saturated rings. The minimum absolute atomic E-state index is 0.394. The number of methoxy groups -OCH3 is 1. The van der Waals surface area contributed by atoms with Crippen molar-refractivity contribution in [1.29, 1.82) is 0 Å². The fraction of sp³-hybridized carbons (Fsp3) is 0.250. The Morgan fingerprint density at radius 3 is 2.77 bits per heavy atom. The number of nitrogens with two attached hydrogens (primary N) is 1. The van der Waals surface area contributed by atoms with Gasteiger partial charge in [-0.1, -0.05) is 0 Å². The molecule has 0 saturated heterocycles. The first-order valence-corrected chi connectivity index (χ1v) is 3.70. The predicted molar refractivity (Wildman–Crippen MR) is 47.3 cm³/mol. The molecule has 5 heteroatoms. The summed E-state index contributed by atoms with van der Waals surface area (Å²) in [6.45, 7) is 0. The van der Waals surface area contributed by atoms with Crippen LogP contribution in [0.1, 0.15) is 11.8 Å². The Bertz CT molecular complexity index is 291.